The molecule has 16 heavy (non-hydrogen) atoms. The van der Waals surface area contributed by atoms with Gasteiger partial charge in [0.2, 0.25) is 6.73 Å². The highest BCUT2D eigenvalue weighted by atomic mass is 16.5. The molecule has 0 heterocycles. The number of allylic oxidation sites excluding steroid dienone is 2. The summed E-state index contributed by atoms with van der Waals surface area (Å²) in [4.78, 5) is 11.4. The molecule has 0 spiro atoms. The van der Waals surface area contributed by atoms with Crippen LogP contribution in [-0.4, -0.2) is 36.8 Å². The second-order valence-corrected chi connectivity index (χ2v) is 4.04. The fourth-order valence-electron chi connectivity index (χ4n) is 1.59. The van der Waals surface area contributed by atoms with Crippen molar-refractivity contribution in [3.05, 3.63) is 12.2 Å². The first kappa shape index (κ1) is 15.2. The van der Waals surface area contributed by atoms with Crippen molar-refractivity contribution >= 4 is 5.97 Å². The number of quaternary nitrogens is 1. The van der Waals surface area contributed by atoms with Crippen LogP contribution >= 0.6 is 0 Å². The van der Waals surface area contributed by atoms with E-state index in [0.717, 1.165) is 30.5 Å². The van der Waals surface area contributed by atoms with Crippen molar-refractivity contribution in [2.45, 2.75) is 40.5 Å². The van der Waals surface area contributed by atoms with Gasteiger partial charge in [0.15, 0.2) is 0 Å². The van der Waals surface area contributed by atoms with Gasteiger partial charge in [-0.05, 0) is 34.1 Å². The van der Waals surface area contributed by atoms with Crippen LogP contribution in [0, 0.1) is 0 Å². The predicted octanol–water partition coefficient (Wildman–Crippen LogP) is 2.72. The van der Waals surface area contributed by atoms with E-state index in [1.165, 1.54) is 0 Å². The van der Waals surface area contributed by atoms with Gasteiger partial charge >= 0.3 is 5.97 Å². The van der Waals surface area contributed by atoms with E-state index in [9.17, 15) is 4.79 Å². The molecule has 0 aromatic rings. The molecule has 0 aliphatic carbocycles. The van der Waals surface area contributed by atoms with Crippen LogP contribution in [0.5, 0.6) is 0 Å². The number of nitrogens with zero attached hydrogens (tertiary/aromatic N) is 1. The summed E-state index contributed by atoms with van der Waals surface area (Å²) in [7, 11) is 0. The first-order valence-corrected chi connectivity index (χ1v) is 6.26. The van der Waals surface area contributed by atoms with Crippen molar-refractivity contribution in [1.29, 1.82) is 0 Å². The molecule has 0 unspecified atom stereocenters. The molecular formula is C13H26NO2+. The fraction of sp³-hybridized carbons (Fsp3) is 0.769. The van der Waals surface area contributed by atoms with Crippen LogP contribution in [-0.2, 0) is 9.53 Å². The number of rotatable bonds is 8. The predicted molar refractivity (Wildman–Crippen MR) is 66.9 cm³/mol. The summed E-state index contributed by atoms with van der Waals surface area (Å²) in [5.41, 5.74) is 0. The molecule has 94 valence electrons. The van der Waals surface area contributed by atoms with E-state index in [-0.39, 0.29) is 5.97 Å². The number of ether oxygens (including phenoxy) is 1. The van der Waals surface area contributed by atoms with E-state index in [0.29, 0.717) is 13.2 Å². The lowest BCUT2D eigenvalue weighted by atomic mass is 10.3. The van der Waals surface area contributed by atoms with Crippen molar-refractivity contribution in [3.8, 4) is 0 Å². The monoisotopic (exact) mass is 228 g/mol. The molecule has 3 nitrogen and oxygen atoms in total. The minimum absolute atomic E-state index is 0.0871. The second-order valence-electron chi connectivity index (χ2n) is 4.04. The zero-order chi connectivity index (χ0) is 12.4. The maximum absolute atomic E-state index is 11.4. The fourth-order valence-corrected chi connectivity index (χ4v) is 1.59. The molecule has 0 radical (unpaired) electrons. The van der Waals surface area contributed by atoms with Crippen molar-refractivity contribution < 1.29 is 14.0 Å². The molecule has 3 heteroatoms. The van der Waals surface area contributed by atoms with Crippen LogP contribution in [0.25, 0.3) is 0 Å². The van der Waals surface area contributed by atoms with Crippen LogP contribution in [0.15, 0.2) is 12.2 Å². The zero-order valence-electron chi connectivity index (χ0n) is 11.2. The van der Waals surface area contributed by atoms with Gasteiger partial charge in [0.05, 0.1) is 19.6 Å². The van der Waals surface area contributed by atoms with Crippen molar-refractivity contribution in [3.63, 3.8) is 0 Å². The summed E-state index contributed by atoms with van der Waals surface area (Å²) in [5, 5.41) is 0. The molecule has 0 bridgehead atoms. The Kier molecular flexibility index (Phi) is 7.90. The molecule has 0 saturated carbocycles. The molecule has 0 aromatic heterocycles. The lowest BCUT2D eigenvalue weighted by Gasteiger charge is -2.34. The molecule has 0 atom stereocenters. The SMILES string of the molecule is C/C=C/CCC(=O)OC[N+](CC)(CC)CC. The van der Waals surface area contributed by atoms with E-state index in [1.807, 2.05) is 19.1 Å². The molecule has 0 rings (SSSR count). The minimum Gasteiger partial charge on any atom is -0.415 e. The topological polar surface area (TPSA) is 26.3 Å². The summed E-state index contributed by atoms with van der Waals surface area (Å²) >= 11 is 0. The van der Waals surface area contributed by atoms with Gasteiger partial charge < -0.3 is 4.74 Å². The Hall–Kier alpha value is -0.830. The third-order valence-corrected chi connectivity index (χ3v) is 3.26. The summed E-state index contributed by atoms with van der Waals surface area (Å²) in [6.45, 7) is 11.9. The van der Waals surface area contributed by atoms with E-state index in [1.54, 1.807) is 0 Å². The van der Waals surface area contributed by atoms with E-state index in [4.69, 9.17) is 4.74 Å². The highest BCUT2D eigenvalue weighted by Gasteiger charge is 2.22. The molecule has 0 amide bonds. The lowest BCUT2D eigenvalue weighted by Crippen LogP contribution is -2.49. The quantitative estimate of drug-likeness (QED) is 0.276. The van der Waals surface area contributed by atoms with Gasteiger partial charge in [-0.2, -0.15) is 0 Å². The number of esters is 1. The maximum atomic E-state index is 11.4. The number of carbonyl (C=O) groups is 1. The van der Waals surface area contributed by atoms with Gasteiger partial charge in [-0.3, -0.25) is 9.28 Å². The minimum atomic E-state index is -0.0871. The molecule has 0 aromatic carbocycles. The number of hydrogen-bond donors (Lipinski definition) is 0. The summed E-state index contributed by atoms with van der Waals surface area (Å²) in [6, 6.07) is 0. The smallest absolute Gasteiger partial charge is 0.310 e. The second kappa shape index (κ2) is 8.34. The van der Waals surface area contributed by atoms with Crippen molar-refractivity contribution in [2.75, 3.05) is 26.4 Å². The summed E-state index contributed by atoms with van der Waals surface area (Å²) in [6.07, 6.45) is 5.21. The van der Waals surface area contributed by atoms with Crippen LogP contribution in [0.3, 0.4) is 0 Å². The zero-order valence-corrected chi connectivity index (χ0v) is 11.2. The van der Waals surface area contributed by atoms with E-state index >= 15 is 0 Å². The van der Waals surface area contributed by atoms with Crippen LogP contribution in [0.4, 0.5) is 0 Å². The molecule has 0 saturated heterocycles. The maximum Gasteiger partial charge on any atom is 0.310 e. The van der Waals surface area contributed by atoms with Crippen LogP contribution in [0.2, 0.25) is 0 Å². The molecule has 0 N–H and O–H groups in total. The van der Waals surface area contributed by atoms with Gasteiger partial charge in [0.25, 0.3) is 0 Å². The third kappa shape index (κ3) is 5.31. The normalized spacial score (nSPS) is 12.0. The van der Waals surface area contributed by atoms with Crippen LogP contribution < -0.4 is 0 Å². The Morgan fingerprint density at radius 1 is 1.19 bits per heavy atom. The van der Waals surface area contributed by atoms with Gasteiger partial charge in [-0.1, -0.05) is 12.2 Å². The highest BCUT2D eigenvalue weighted by Crippen LogP contribution is 2.07. The van der Waals surface area contributed by atoms with Crippen molar-refractivity contribution in [2.24, 2.45) is 0 Å². The lowest BCUT2D eigenvalue weighted by molar-refractivity contribution is -0.938. The number of carbonyl (C=O) groups excluding carboxylic acids is 1. The highest BCUT2D eigenvalue weighted by molar-refractivity contribution is 5.69. The van der Waals surface area contributed by atoms with Crippen LogP contribution in [0.1, 0.15) is 40.5 Å². The Labute approximate surface area is 99.7 Å². The van der Waals surface area contributed by atoms with E-state index < -0.39 is 0 Å². The Balaban J connectivity index is 3.96. The van der Waals surface area contributed by atoms with E-state index in [2.05, 4.69) is 20.8 Å². The molecule has 0 aliphatic rings. The molecule has 0 aliphatic heterocycles. The van der Waals surface area contributed by atoms with Gasteiger partial charge in [0.1, 0.15) is 0 Å². The summed E-state index contributed by atoms with van der Waals surface area (Å²) in [5.74, 6) is -0.0871. The average molecular weight is 228 g/mol. The third-order valence-electron chi connectivity index (χ3n) is 3.26. The largest absolute Gasteiger partial charge is 0.415 e. The Morgan fingerprint density at radius 3 is 2.19 bits per heavy atom. The molecule has 0 fully saturated rings. The van der Waals surface area contributed by atoms with Crippen molar-refractivity contribution in [1.82, 2.24) is 0 Å². The summed E-state index contributed by atoms with van der Waals surface area (Å²) < 4.78 is 6.18. The van der Waals surface area contributed by atoms with Gasteiger partial charge in [0, 0.05) is 6.42 Å². The van der Waals surface area contributed by atoms with Gasteiger partial charge in [-0.15, -0.1) is 0 Å². The first-order chi connectivity index (χ1) is 7.64. The standard InChI is InChI=1S/C13H26NO2/c1-5-9-10-11-13(15)16-12-14(6-2,7-3)8-4/h5,9H,6-8,10-12H2,1-4H3/q+1/b9-5+. The average Bonchev–Trinajstić information content (AvgIpc) is 2.32. The Bertz CT molecular complexity index is 212. The Morgan fingerprint density at radius 2 is 1.75 bits per heavy atom. The number of hydrogen-bond acceptors (Lipinski definition) is 2. The molecular weight excluding hydrogens is 202 g/mol. The van der Waals surface area contributed by atoms with Gasteiger partial charge in [-0.25, -0.2) is 0 Å². The first-order valence-electron chi connectivity index (χ1n) is 6.26.